The number of nitrogens with zero attached hydrogens (tertiary/aromatic N) is 1. The fourth-order valence-corrected chi connectivity index (χ4v) is 1.60. The molecule has 2 N–H and O–H groups in total. The topological polar surface area (TPSA) is 128 Å². The molecule has 0 unspecified atom stereocenters. The predicted octanol–water partition coefficient (Wildman–Crippen LogP) is 1.79. The van der Waals surface area contributed by atoms with Gasteiger partial charge in [-0.05, 0) is 12.1 Å². The van der Waals surface area contributed by atoms with Crippen LogP contribution in [0.25, 0.3) is 0 Å². The molecule has 0 radical (unpaired) electrons. The van der Waals surface area contributed by atoms with Crippen LogP contribution < -0.4 is 10.6 Å². The van der Waals surface area contributed by atoms with Crippen LogP contribution in [0, 0.1) is 10.1 Å². The lowest BCUT2D eigenvalue weighted by Crippen LogP contribution is -2.44. The van der Waals surface area contributed by atoms with Crippen LogP contribution in [0.2, 0.25) is 5.02 Å². The number of alkyl halides is 3. The van der Waals surface area contributed by atoms with Gasteiger partial charge < -0.3 is 10.1 Å². The van der Waals surface area contributed by atoms with Crippen molar-refractivity contribution >= 4 is 35.2 Å². The van der Waals surface area contributed by atoms with Crippen molar-refractivity contribution in [3.8, 4) is 0 Å². The van der Waals surface area contributed by atoms with Crippen molar-refractivity contribution in [2.45, 2.75) is 6.18 Å². The van der Waals surface area contributed by atoms with E-state index >= 15 is 0 Å². The molecule has 3 amide bonds. The van der Waals surface area contributed by atoms with Gasteiger partial charge in [0.25, 0.3) is 11.6 Å². The molecule has 1 rings (SSSR count). The Morgan fingerprint density at radius 1 is 1.28 bits per heavy atom. The Morgan fingerprint density at radius 2 is 1.92 bits per heavy atom. The summed E-state index contributed by atoms with van der Waals surface area (Å²) >= 11 is 5.61. The number of amides is 3. The van der Waals surface area contributed by atoms with E-state index in [9.17, 15) is 37.7 Å². The van der Waals surface area contributed by atoms with Crippen molar-refractivity contribution in [1.29, 1.82) is 0 Å². The summed E-state index contributed by atoms with van der Waals surface area (Å²) in [6.45, 7) is -2.72. The van der Waals surface area contributed by atoms with E-state index in [1.54, 1.807) is 0 Å². The fourth-order valence-electron chi connectivity index (χ4n) is 1.43. The zero-order chi connectivity index (χ0) is 19.2. The molecule has 9 nitrogen and oxygen atoms in total. The van der Waals surface area contributed by atoms with Crippen molar-refractivity contribution in [2.24, 2.45) is 0 Å². The van der Waals surface area contributed by atoms with Crippen LogP contribution in [0.4, 0.5) is 23.7 Å². The summed E-state index contributed by atoms with van der Waals surface area (Å²) in [6.07, 6.45) is -4.67. The minimum Gasteiger partial charge on any atom is -0.452 e. The van der Waals surface area contributed by atoms with Gasteiger partial charge in [-0.3, -0.25) is 20.2 Å². The third kappa shape index (κ3) is 7.03. The largest absolute Gasteiger partial charge is 0.452 e. The third-order valence-corrected chi connectivity index (χ3v) is 2.65. The molecule has 136 valence electrons. The van der Waals surface area contributed by atoms with Crippen LogP contribution in [0.5, 0.6) is 0 Å². The molecule has 0 spiro atoms. The maximum absolute atomic E-state index is 11.9. The molecule has 1 aromatic carbocycles. The maximum atomic E-state index is 11.9. The van der Waals surface area contributed by atoms with Gasteiger partial charge in [-0.15, -0.1) is 0 Å². The minimum atomic E-state index is -4.67. The molecule has 25 heavy (non-hydrogen) atoms. The highest BCUT2D eigenvalue weighted by Crippen LogP contribution is 2.23. The minimum absolute atomic E-state index is 0.00599. The third-order valence-electron chi connectivity index (χ3n) is 2.41. The average molecular weight is 384 g/mol. The van der Waals surface area contributed by atoms with Crippen LogP contribution >= 0.6 is 11.6 Å². The summed E-state index contributed by atoms with van der Waals surface area (Å²) in [6, 6.07) is 1.60. The number of ether oxygens (including phenoxy) is 1. The molecule has 0 aliphatic carbocycles. The number of carbonyl (C=O) groups excluding carboxylic acids is 3. The lowest BCUT2D eigenvalue weighted by molar-refractivity contribution is -0.385. The molecule has 0 bridgehead atoms. The highest BCUT2D eigenvalue weighted by atomic mass is 35.5. The summed E-state index contributed by atoms with van der Waals surface area (Å²) < 4.78 is 40.1. The smallest absolute Gasteiger partial charge is 0.405 e. The zero-order valence-electron chi connectivity index (χ0n) is 12.1. The molecular weight excluding hydrogens is 375 g/mol. The Hall–Kier alpha value is -2.89. The number of nitro benzene ring substituents is 1. The monoisotopic (exact) mass is 383 g/mol. The van der Waals surface area contributed by atoms with Gasteiger partial charge in [0.1, 0.15) is 12.1 Å². The average Bonchev–Trinajstić information content (AvgIpc) is 2.49. The van der Waals surface area contributed by atoms with Gasteiger partial charge in [0.05, 0.1) is 4.92 Å². The van der Waals surface area contributed by atoms with Gasteiger partial charge in [-0.2, -0.15) is 13.2 Å². The van der Waals surface area contributed by atoms with E-state index in [-0.39, 0.29) is 5.02 Å². The van der Waals surface area contributed by atoms with E-state index in [0.717, 1.165) is 18.2 Å². The van der Waals surface area contributed by atoms with E-state index in [4.69, 9.17) is 11.6 Å². The van der Waals surface area contributed by atoms with Crippen molar-refractivity contribution in [3.05, 3.63) is 38.9 Å². The summed E-state index contributed by atoms with van der Waals surface area (Å²) in [5, 5.41) is 13.6. The number of hydrogen-bond acceptors (Lipinski definition) is 6. The van der Waals surface area contributed by atoms with Gasteiger partial charge in [-0.25, -0.2) is 9.59 Å². The molecular formula is C12H9ClF3N3O6. The second-order valence-corrected chi connectivity index (χ2v) is 4.78. The first-order chi connectivity index (χ1) is 11.5. The molecule has 0 fully saturated rings. The lowest BCUT2D eigenvalue weighted by atomic mass is 10.2. The van der Waals surface area contributed by atoms with Crippen LogP contribution in [-0.2, 0) is 9.53 Å². The fraction of sp³-hybridized carbons (Fsp3) is 0.250. The molecule has 0 heterocycles. The van der Waals surface area contributed by atoms with Crippen LogP contribution in [0.15, 0.2) is 18.2 Å². The van der Waals surface area contributed by atoms with Gasteiger partial charge >= 0.3 is 18.2 Å². The summed E-state index contributed by atoms with van der Waals surface area (Å²) in [5.74, 6) is -2.52. The molecule has 0 aromatic heterocycles. The second kappa shape index (κ2) is 8.28. The van der Waals surface area contributed by atoms with Crippen LogP contribution in [-0.4, -0.2) is 42.2 Å². The Balaban J connectivity index is 2.59. The van der Waals surface area contributed by atoms with Crippen molar-refractivity contribution in [2.75, 3.05) is 13.2 Å². The molecule has 0 aliphatic heterocycles. The number of rotatable bonds is 5. The SMILES string of the molecule is O=C(COC(=O)c1cc(Cl)ccc1[N+](=O)[O-])NC(=O)NCC(F)(F)F. The van der Waals surface area contributed by atoms with E-state index in [1.807, 2.05) is 0 Å². The number of hydrogen-bond donors (Lipinski definition) is 2. The number of nitrogens with one attached hydrogen (secondary N) is 2. The first-order valence-electron chi connectivity index (χ1n) is 6.25. The highest BCUT2D eigenvalue weighted by Gasteiger charge is 2.28. The molecule has 0 aliphatic rings. The molecule has 0 atom stereocenters. The van der Waals surface area contributed by atoms with Gasteiger partial charge in [0.15, 0.2) is 6.61 Å². The summed E-state index contributed by atoms with van der Waals surface area (Å²) in [5.41, 5.74) is -1.16. The lowest BCUT2D eigenvalue weighted by Gasteiger charge is -2.09. The number of carbonyl (C=O) groups is 3. The number of esters is 1. The number of nitro groups is 1. The summed E-state index contributed by atoms with van der Waals surface area (Å²) in [4.78, 5) is 44.0. The molecule has 0 saturated carbocycles. The second-order valence-electron chi connectivity index (χ2n) is 4.34. The standard InChI is InChI=1S/C12H9ClF3N3O6/c13-6-1-2-8(19(23)24)7(3-6)10(21)25-4-9(20)18-11(22)17-5-12(14,15)16/h1-3H,4-5H2,(H2,17,18,20,22). The number of benzene rings is 1. The number of halogens is 4. The molecule has 0 saturated heterocycles. The Bertz CT molecular complexity index is 710. The Morgan fingerprint density at radius 3 is 2.48 bits per heavy atom. The normalized spacial score (nSPS) is 10.7. The van der Waals surface area contributed by atoms with Gasteiger partial charge in [0.2, 0.25) is 0 Å². The maximum Gasteiger partial charge on any atom is 0.405 e. The van der Waals surface area contributed by atoms with Crippen molar-refractivity contribution in [3.63, 3.8) is 0 Å². The Kier molecular flexibility index (Phi) is 6.68. The van der Waals surface area contributed by atoms with E-state index < -0.39 is 53.4 Å². The predicted molar refractivity (Wildman–Crippen MR) is 76.0 cm³/mol. The van der Waals surface area contributed by atoms with Gasteiger partial charge in [0, 0.05) is 11.1 Å². The van der Waals surface area contributed by atoms with Gasteiger partial charge in [-0.1, -0.05) is 11.6 Å². The van der Waals surface area contributed by atoms with Crippen LogP contribution in [0.3, 0.4) is 0 Å². The first kappa shape index (κ1) is 20.2. The number of imide groups is 1. The zero-order valence-corrected chi connectivity index (χ0v) is 12.8. The Labute approximate surface area is 142 Å². The van der Waals surface area contributed by atoms with E-state index in [2.05, 4.69) is 4.74 Å². The summed E-state index contributed by atoms with van der Waals surface area (Å²) in [7, 11) is 0. The molecule has 1 aromatic rings. The van der Waals surface area contributed by atoms with E-state index in [0.29, 0.717) is 0 Å². The number of urea groups is 1. The first-order valence-corrected chi connectivity index (χ1v) is 6.63. The van der Waals surface area contributed by atoms with E-state index in [1.165, 1.54) is 10.6 Å². The van der Waals surface area contributed by atoms with Crippen molar-refractivity contribution in [1.82, 2.24) is 10.6 Å². The molecule has 13 heteroatoms. The van der Waals surface area contributed by atoms with Crippen molar-refractivity contribution < 1.29 is 37.2 Å². The van der Waals surface area contributed by atoms with Crippen LogP contribution in [0.1, 0.15) is 10.4 Å². The quantitative estimate of drug-likeness (QED) is 0.453. The highest BCUT2D eigenvalue weighted by molar-refractivity contribution is 6.31.